The number of benzene rings is 1. The van der Waals surface area contributed by atoms with Crippen molar-refractivity contribution in [3.05, 3.63) is 24.3 Å². The van der Waals surface area contributed by atoms with Crippen LogP contribution in [0.3, 0.4) is 0 Å². The van der Waals surface area contributed by atoms with Crippen LogP contribution in [0.4, 0.5) is 0 Å². The van der Waals surface area contributed by atoms with Gasteiger partial charge >= 0.3 is 0 Å². The summed E-state index contributed by atoms with van der Waals surface area (Å²) in [6.07, 6.45) is 0.544. The number of rotatable bonds is 6. The van der Waals surface area contributed by atoms with Crippen molar-refractivity contribution in [1.82, 2.24) is 0 Å². The molecular formula is C12H17ClO3S. The Morgan fingerprint density at radius 1 is 1.24 bits per heavy atom. The van der Waals surface area contributed by atoms with Gasteiger partial charge in [-0.05, 0) is 44.5 Å². The molecule has 0 spiro atoms. The summed E-state index contributed by atoms with van der Waals surface area (Å²) in [5, 5.41) is 0. The highest BCUT2D eigenvalue weighted by Gasteiger charge is 2.13. The fraction of sp³-hybridized carbons (Fsp3) is 0.500. The molecule has 0 saturated carbocycles. The molecule has 0 bridgehead atoms. The van der Waals surface area contributed by atoms with Crippen molar-refractivity contribution in [2.75, 3.05) is 11.6 Å². The van der Waals surface area contributed by atoms with Crippen LogP contribution in [0.5, 0.6) is 5.75 Å². The van der Waals surface area contributed by atoms with Crippen LogP contribution in [0.15, 0.2) is 29.2 Å². The third-order valence-electron chi connectivity index (χ3n) is 2.10. The molecule has 0 radical (unpaired) electrons. The monoisotopic (exact) mass is 276 g/mol. The molecule has 0 heterocycles. The Kier molecular flexibility index (Phi) is 5.28. The summed E-state index contributed by atoms with van der Waals surface area (Å²) in [6.45, 7) is 3.84. The highest BCUT2D eigenvalue weighted by atomic mass is 35.5. The summed E-state index contributed by atoms with van der Waals surface area (Å²) in [5.41, 5.74) is 0. The third kappa shape index (κ3) is 4.56. The molecule has 0 aliphatic rings. The molecule has 17 heavy (non-hydrogen) atoms. The topological polar surface area (TPSA) is 43.4 Å². The van der Waals surface area contributed by atoms with E-state index in [1.54, 1.807) is 24.3 Å². The molecule has 0 N–H and O–H groups in total. The average Bonchev–Trinajstić information content (AvgIpc) is 2.26. The second-order valence-corrected chi connectivity index (χ2v) is 6.49. The van der Waals surface area contributed by atoms with Crippen LogP contribution in [0, 0.1) is 0 Å². The normalized spacial score (nSPS) is 11.8. The number of halogens is 1. The third-order valence-corrected chi connectivity index (χ3v) is 4.19. The van der Waals surface area contributed by atoms with E-state index >= 15 is 0 Å². The number of alkyl halides is 1. The van der Waals surface area contributed by atoms with Gasteiger partial charge in [0.15, 0.2) is 9.84 Å². The summed E-state index contributed by atoms with van der Waals surface area (Å²) < 4.78 is 29.1. The molecule has 0 unspecified atom stereocenters. The highest BCUT2D eigenvalue weighted by molar-refractivity contribution is 7.91. The molecule has 0 atom stereocenters. The molecule has 0 aliphatic heterocycles. The predicted octanol–water partition coefficient (Wildman–Crippen LogP) is 2.88. The van der Waals surface area contributed by atoms with E-state index in [1.807, 2.05) is 13.8 Å². The summed E-state index contributed by atoms with van der Waals surface area (Å²) in [5.74, 6) is 1.12. The largest absolute Gasteiger partial charge is 0.491 e. The van der Waals surface area contributed by atoms with E-state index in [1.165, 1.54) is 0 Å². The van der Waals surface area contributed by atoms with Crippen molar-refractivity contribution in [3.8, 4) is 5.75 Å². The molecule has 0 aromatic heterocycles. The molecule has 1 aromatic rings. The van der Waals surface area contributed by atoms with Crippen LogP contribution in [-0.2, 0) is 9.84 Å². The zero-order chi connectivity index (χ0) is 12.9. The van der Waals surface area contributed by atoms with E-state index in [-0.39, 0.29) is 11.9 Å². The lowest BCUT2D eigenvalue weighted by Gasteiger charge is -2.10. The van der Waals surface area contributed by atoms with Crippen molar-refractivity contribution in [2.45, 2.75) is 31.3 Å². The van der Waals surface area contributed by atoms with Gasteiger partial charge in [0.1, 0.15) is 5.75 Å². The lowest BCUT2D eigenvalue weighted by atomic mass is 10.3. The Morgan fingerprint density at radius 3 is 2.29 bits per heavy atom. The first-order chi connectivity index (χ1) is 7.95. The molecule has 0 amide bonds. The number of hydrogen-bond acceptors (Lipinski definition) is 3. The second kappa shape index (κ2) is 6.26. The van der Waals surface area contributed by atoms with Gasteiger partial charge in [-0.15, -0.1) is 11.6 Å². The molecule has 1 rings (SSSR count). The molecule has 5 heteroatoms. The molecular weight excluding hydrogens is 260 g/mol. The Labute approximate surface area is 108 Å². The van der Waals surface area contributed by atoms with Gasteiger partial charge in [0.25, 0.3) is 0 Å². The SMILES string of the molecule is CC(C)Oc1ccc(S(=O)(=O)CCCCl)cc1. The Bertz CT molecular complexity index is 437. The van der Waals surface area contributed by atoms with Crippen molar-refractivity contribution in [1.29, 1.82) is 0 Å². The maximum atomic E-state index is 11.8. The smallest absolute Gasteiger partial charge is 0.178 e. The van der Waals surface area contributed by atoms with E-state index in [4.69, 9.17) is 16.3 Å². The number of hydrogen-bond donors (Lipinski definition) is 0. The van der Waals surface area contributed by atoms with Gasteiger partial charge in [0, 0.05) is 5.88 Å². The van der Waals surface area contributed by atoms with Crippen molar-refractivity contribution in [3.63, 3.8) is 0 Å². The lowest BCUT2D eigenvalue weighted by molar-refractivity contribution is 0.242. The van der Waals surface area contributed by atoms with E-state index in [2.05, 4.69) is 0 Å². The van der Waals surface area contributed by atoms with Crippen LogP contribution in [0.1, 0.15) is 20.3 Å². The van der Waals surface area contributed by atoms with Gasteiger partial charge in [-0.2, -0.15) is 0 Å². The average molecular weight is 277 g/mol. The fourth-order valence-corrected chi connectivity index (χ4v) is 2.96. The first-order valence-corrected chi connectivity index (χ1v) is 7.70. The Morgan fingerprint density at radius 2 is 1.82 bits per heavy atom. The van der Waals surface area contributed by atoms with Crippen molar-refractivity contribution >= 4 is 21.4 Å². The van der Waals surface area contributed by atoms with Gasteiger partial charge < -0.3 is 4.74 Å². The van der Waals surface area contributed by atoms with Crippen LogP contribution in [-0.4, -0.2) is 26.2 Å². The maximum absolute atomic E-state index is 11.8. The van der Waals surface area contributed by atoms with E-state index < -0.39 is 9.84 Å². The Balaban J connectivity index is 2.80. The summed E-state index contributed by atoms with van der Waals surface area (Å²) >= 11 is 5.49. The first-order valence-electron chi connectivity index (χ1n) is 5.51. The van der Waals surface area contributed by atoms with Crippen LogP contribution < -0.4 is 4.74 Å². The Hall–Kier alpha value is -0.740. The van der Waals surface area contributed by atoms with Gasteiger partial charge in [-0.3, -0.25) is 0 Å². The molecule has 96 valence electrons. The zero-order valence-corrected chi connectivity index (χ0v) is 11.6. The summed E-state index contributed by atoms with van der Waals surface area (Å²) in [4.78, 5) is 0.318. The second-order valence-electron chi connectivity index (χ2n) is 4.00. The van der Waals surface area contributed by atoms with Gasteiger partial charge in [-0.1, -0.05) is 0 Å². The summed E-state index contributed by atoms with van der Waals surface area (Å²) in [7, 11) is -3.21. The minimum atomic E-state index is -3.21. The van der Waals surface area contributed by atoms with Gasteiger partial charge in [0.05, 0.1) is 16.8 Å². The van der Waals surface area contributed by atoms with Crippen LogP contribution >= 0.6 is 11.6 Å². The molecule has 3 nitrogen and oxygen atoms in total. The van der Waals surface area contributed by atoms with E-state index in [0.717, 1.165) is 0 Å². The van der Waals surface area contributed by atoms with Crippen molar-refractivity contribution in [2.24, 2.45) is 0 Å². The first kappa shape index (κ1) is 14.3. The van der Waals surface area contributed by atoms with Crippen LogP contribution in [0.25, 0.3) is 0 Å². The summed E-state index contributed by atoms with van der Waals surface area (Å²) in [6, 6.07) is 6.49. The number of ether oxygens (including phenoxy) is 1. The van der Waals surface area contributed by atoms with E-state index in [0.29, 0.717) is 22.9 Å². The van der Waals surface area contributed by atoms with Crippen LogP contribution in [0.2, 0.25) is 0 Å². The van der Waals surface area contributed by atoms with Crippen molar-refractivity contribution < 1.29 is 13.2 Å². The van der Waals surface area contributed by atoms with Gasteiger partial charge in [-0.25, -0.2) is 8.42 Å². The maximum Gasteiger partial charge on any atom is 0.178 e. The lowest BCUT2D eigenvalue weighted by Crippen LogP contribution is -2.08. The predicted molar refractivity (Wildman–Crippen MR) is 69.6 cm³/mol. The van der Waals surface area contributed by atoms with E-state index in [9.17, 15) is 8.42 Å². The zero-order valence-electron chi connectivity index (χ0n) is 10.0. The molecule has 0 fully saturated rings. The minimum Gasteiger partial charge on any atom is -0.491 e. The highest BCUT2D eigenvalue weighted by Crippen LogP contribution is 2.18. The molecule has 0 saturated heterocycles. The minimum absolute atomic E-state index is 0.0775. The molecule has 0 aliphatic carbocycles. The standard InChI is InChI=1S/C12H17ClO3S/c1-10(2)16-11-4-6-12(7-5-11)17(14,15)9-3-8-13/h4-7,10H,3,8-9H2,1-2H3. The molecule has 1 aromatic carbocycles. The van der Waals surface area contributed by atoms with Gasteiger partial charge in [0.2, 0.25) is 0 Å². The number of sulfone groups is 1. The fourth-order valence-electron chi connectivity index (χ4n) is 1.36. The quantitative estimate of drug-likeness (QED) is 0.751.